The molecule has 0 unspecified atom stereocenters. The molecule has 0 saturated carbocycles. The highest BCUT2D eigenvalue weighted by Gasteiger charge is 2.06. The number of nitrogens with one attached hydrogen (secondary N) is 1. The van der Waals surface area contributed by atoms with Crippen LogP contribution in [-0.4, -0.2) is 5.91 Å². The molecule has 3 nitrogen and oxygen atoms in total. The number of aryl methyl sites for hydroxylation is 1. The maximum atomic E-state index is 11.9. The zero-order valence-corrected chi connectivity index (χ0v) is 12.2. The summed E-state index contributed by atoms with van der Waals surface area (Å²) in [4.78, 5) is 11.9. The average Bonchev–Trinajstić information content (AvgIpc) is 2.36. The zero-order valence-electron chi connectivity index (χ0n) is 10.6. The lowest BCUT2D eigenvalue weighted by Crippen LogP contribution is -2.15. The molecule has 0 bridgehead atoms. The molecule has 0 aliphatic carbocycles. The van der Waals surface area contributed by atoms with Crippen LogP contribution < -0.4 is 11.1 Å². The second-order valence-corrected chi connectivity index (χ2v) is 5.36. The minimum atomic E-state index is -0.0714. The minimum Gasteiger partial charge on any atom is -0.397 e. The summed E-state index contributed by atoms with van der Waals surface area (Å²) >= 11 is 3.33. The van der Waals surface area contributed by atoms with E-state index >= 15 is 0 Å². The van der Waals surface area contributed by atoms with Crippen LogP contribution in [0.4, 0.5) is 11.4 Å². The molecule has 4 heteroatoms. The largest absolute Gasteiger partial charge is 0.397 e. The lowest BCUT2D eigenvalue weighted by atomic mass is 10.1. The Hall–Kier alpha value is -1.81. The minimum absolute atomic E-state index is 0.0714. The van der Waals surface area contributed by atoms with E-state index < -0.39 is 0 Å². The fourth-order valence-electron chi connectivity index (χ4n) is 1.73. The molecule has 3 N–H and O–H groups in total. The number of carbonyl (C=O) groups is 1. The number of nitrogens with two attached hydrogens (primary N) is 1. The summed E-state index contributed by atoms with van der Waals surface area (Å²) in [6.07, 6.45) is 0.343. The maximum absolute atomic E-state index is 11.9. The lowest BCUT2D eigenvalue weighted by Gasteiger charge is -2.08. The Morgan fingerprint density at radius 3 is 2.53 bits per heavy atom. The van der Waals surface area contributed by atoms with Crippen LogP contribution >= 0.6 is 15.9 Å². The van der Waals surface area contributed by atoms with Crippen molar-refractivity contribution in [1.82, 2.24) is 0 Å². The molecule has 2 rings (SSSR count). The zero-order chi connectivity index (χ0) is 13.8. The van der Waals surface area contributed by atoms with E-state index in [4.69, 9.17) is 5.73 Å². The van der Waals surface area contributed by atoms with E-state index in [2.05, 4.69) is 21.2 Å². The molecule has 0 radical (unpaired) electrons. The van der Waals surface area contributed by atoms with E-state index in [0.29, 0.717) is 17.8 Å². The number of benzene rings is 2. The van der Waals surface area contributed by atoms with Crippen molar-refractivity contribution in [2.24, 2.45) is 0 Å². The van der Waals surface area contributed by atoms with E-state index in [1.54, 1.807) is 12.1 Å². The summed E-state index contributed by atoms with van der Waals surface area (Å²) in [6, 6.07) is 13.3. The third-order valence-corrected chi connectivity index (χ3v) is 3.27. The van der Waals surface area contributed by atoms with Crippen LogP contribution in [0.2, 0.25) is 0 Å². The van der Waals surface area contributed by atoms with Crippen molar-refractivity contribution < 1.29 is 4.79 Å². The van der Waals surface area contributed by atoms with Gasteiger partial charge in [-0.25, -0.2) is 0 Å². The maximum Gasteiger partial charge on any atom is 0.228 e. The standard InChI is InChI=1S/C15H15BrN2O/c1-10-2-4-11(5-3-10)8-15(19)18-14-7-6-12(16)9-13(14)17/h2-7,9H,8,17H2,1H3,(H,18,19). The van der Waals surface area contributed by atoms with Crippen LogP contribution in [0, 0.1) is 6.92 Å². The highest BCUT2D eigenvalue weighted by atomic mass is 79.9. The summed E-state index contributed by atoms with van der Waals surface area (Å²) in [7, 11) is 0. The monoisotopic (exact) mass is 318 g/mol. The number of anilines is 2. The summed E-state index contributed by atoms with van der Waals surface area (Å²) in [5, 5.41) is 2.82. The molecule has 0 aliphatic heterocycles. The molecule has 0 aromatic heterocycles. The van der Waals surface area contributed by atoms with Crippen LogP contribution in [-0.2, 0) is 11.2 Å². The quantitative estimate of drug-likeness (QED) is 0.851. The Labute approximate surface area is 121 Å². The number of carbonyl (C=O) groups excluding carboxylic acids is 1. The summed E-state index contributed by atoms with van der Waals surface area (Å²) in [5.41, 5.74) is 9.19. The third kappa shape index (κ3) is 3.83. The molecule has 0 aliphatic rings. The molecule has 0 heterocycles. The molecule has 2 aromatic carbocycles. The Morgan fingerprint density at radius 1 is 1.21 bits per heavy atom. The smallest absolute Gasteiger partial charge is 0.228 e. The van der Waals surface area contributed by atoms with E-state index in [0.717, 1.165) is 10.0 Å². The van der Waals surface area contributed by atoms with Gasteiger partial charge in [0.25, 0.3) is 0 Å². The van der Waals surface area contributed by atoms with Gasteiger partial charge < -0.3 is 11.1 Å². The van der Waals surface area contributed by atoms with E-state index in [-0.39, 0.29) is 5.91 Å². The van der Waals surface area contributed by atoms with Gasteiger partial charge in [-0.05, 0) is 30.7 Å². The third-order valence-electron chi connectivity index (χ3n) is 2.77. The molecule has 0 saturated heterocycles. The number of halogens is 1. The highest BCUT2D eigenvalue weighted by molar-refractivity contribution is 9.10. The second kappa shape index (κ2) is 5.89. The van der Waals surface area contributed by atoms with Gasteiger partial charge in [-0.1, -0.05) is 45.8 Å². The fraction of sp³-hybridized carbons (Fsp3) is 0.133. The Balaban J connectivity index is 2.03. The molecule has 19 heavy (non-hydrogen) atoms. The van der Waals surface area contributed by atoms with Gasteiger partial charge in [-0.2, -0.15) is 0 Å². The molecule has 0 fully saturated rings. The molecule has 2 aromatic rings. The lowest BCUT2D eigenvalue weighted by molar-refractivity contribution is -0.115. The number of nitrogen functional groups attached to an aromatic ring is 1. The van der Waals surface area contributed by atoms with E-state index in [1.807, 2.05) is 37.3 Å². The first-order valence-electron chi connectivity index (χ1n) is 5.95. The second-order valence-electron chi connectivity index (χ2n) is 4.44. The van der Waals surface area contributed by atoms with Crippen LogP contribution in [0.3, 0.4) is 0 Å². The highest BCUT2D eigenvalue weighted by Crippen LogP contribution is 2.23. The van der Waals surface area contributed by atoms with Crippen LogP contribution in [0.1, 0.15) is 11.1 Å². The first kappa shape index (κ1) is 13.6. The molecular formula is C15H15BrN2O. The fourth-order valence-corrected chi connectivity index (χ4v) is 2.11. The van der Waals surface area contributed by atoms with Crippen molar-refractivity contribution in [3.8, 4) is 0 Å². The number of hydrogen-bond donors (Lipinski definition) is 2. The van der Waals surface area contributed by atoms with Gasteiger partial charge in [0.2, 0.25) is 5.91 Å². The molecule has 1 amide bonds. The molecule has 0 spiro atoms. The Morgan fingerprint density at radius 2 is 1.89 bits per heavy atom. The van der Waals surface area contributed by atoms with Gasteiger partial charge in [0.15, 0.2) is 0 Å². The van der Waals surface area contributed by atoms with Crippen LogP contribution in [0.15, 0.2) is 46.9 Å². The SMILES string of the molecule is Cc1ccc(CC(=O)Nc2ccc(Br)cc2N)cc1. The van der Waals surface area contributed by atoms with Crippen molar-refractivity contribution in [2.75, 3.05) is 11.1 Å². The van der Waals surface area contributed by atoms with Crippen molar-refractivity contribution in [1.29, 1.82) is 0 Å². The predicted molar refractivity (Wildman–Crippen MR) is 82.1 cm³/mol. The van der Waals surface area contributed by atoms with Crippen molar-refractivity contribution in [3.63, 3.8) is 0 Å². The summed E-state index contributed by atoms with van der Waals surface area (Å²) in [6.45, 7) is 2.02. The molecular weight excluding hydrogens is 304 g/mol. The normalized spacial score (nSPS) is 10.2. The van der Waals surface area contributed by atoms with Gasteiger partial charge in [-0.15, -0.1) is 0 Å². The van der Waals surface area contributed by atoms with Crippen molar-refractivity contribution in [2.45, 2.75) is 13.3 Å². The van der Waals surface area contributed by atoms with Crippen molar-refractivity contribution >= 4 is 33.2 Å². The van der Waals surface area contributed by atoms with Gasteiger partial charge >= 0.3 is 0 Å². The summed E-state index contributed by atoms with van der Waals surface area (Å²) in [5.74, 6) is -0.0714. The Bertz CT molecular complexity index is 594. The van der Waals surface area contributed by atoms with Gasteiger partial charge in [0, 0.05) is 4.47 Å². The van der Waals surface area contributed by atoms with Gasteiger partial charge in [0.05, 0.1) is 17.8 Å². The van der Waals surface area contributed by atoms with Gasteiger partial charge in [0.1, 0.15) is 0 Å². The number of rotatable bonds is 3. The average molecular weight is 319 g/mol. The van der Waals surface area contributed by atoms with Gasteiger partial charge in [-0.3, -0.25) is 4.79 Å². The predicted octanol–water partition coefficient (Wildman–Crippen LogP) is 3.52. The summed E-state index contributed by atoms with van der Waals surface area (Å²) < 4.78 is 0.890. The first-order chi connectivity index (χ1) is 9.04. The Kier molecular flexibility index (Phi) is 4.22. The van der Waals surface area contributed by atoms with Crippen LogP contribution in [0.25, 0.3) is 0 Å². The van der Waals surface area contributed by atoms with E-state index in [9.17, 15) is 4.79 Å². The first-order valence-corrected chi connectivity index (χ1v) is 6.74. The molecule has 0 atom stereocenters. The topological polar surface area (TPSA) is 55.1 Å². The van der Waals surface area contributed by atoms with E-state index in [1.165, 1.54) is 5.56 Å². The number of amides is 1. The molecule has 98 valence electrons. The van der Waals surface area contributed by atoms with Crippen molar-refractivity contribution in [3.05, 3.63) is 58.1 Å². The van der Waals surface area contributed by atoms with Crippen LogP contribution in [0.5, 0.6) is 0 Å². The number of hydrogen-bond acceptors (Lipinski definition) is 2.